The Hall–Kier alpha value is -0.880. The summed E-state index contributed by atoms with van der Waals surface area (Å²) in [6, 6.07) is 1.59. The molecule has 0 aromatic carbocycles. The molecule has 2 rings (SSSR count). The molecule has 0 aliphatic carbocycles. The van der Waals surface area contributed by atoms with E-state index in [9.17, 15) is 8.42 Å². The van der Waals surface area contributed by atoms with E-state index in [1.54, 1.807) is 6.07 Å². The minimum atomic E-state index is -2.95. The van der Waals surface area contributed by atoms with Gasteiger partial charge in [-0.3, -0.25) is 0 Å². The molecule has 1 aliphatic heterocycles. The number of hydrogen-bond donors (Lipinski definition) is 1. The minimum Gasteiger partial charge on any atom is -0.396 e. The Bertz CT molecular complexity index is 503. The van der Waals surface area contributed by atoms with Crippen molar-refractivity contribution >= 4 is 27.1 Å². The standard InChI is InChI=1S/C9H12ClN3O2S/c10-9-8(11)5-6(12-13-9)4-7-2-1-3-16(7,14)15/h5,7H,1-4H2,(H2,11,12). The van der Waals surface area contributed by atoms with Crippen molar-refractivity contribution in [2.24, 2.45) is 0 Å². The van der Waals surface area contributed by atoms with Gasteiger partial charge in [0.2, 0.25) is 0 Å². The van der Waals surface area contributed by atoms with Crippen molar-refractivity contribution in [1.82, 2.24) is 10.2 Å². The maximum absolute atomic E-state index is 11.6. The third kappa shape index (κ3) is 2.27. The van der Waals surface area contributed by atoms with E-state index in [1.807, 2.05) is 0 Å². The van der Waals surface area contributed by atoms with E-state index in [-0.39, 0.29) is 16.2 Å². The van der Waals surface area contributed by atoms with Gasteiger partial charge in [-0.05, 0) is 18.9 Å². The lowest BCUT2D eigenvalue weighted by molar-refractivity contribution is 0.587. The molecule has 1 aromatic heterocycles. The molecule has 2 heterocycles. The Balaban J connectivity index is 2.18. The molecule has 1 aliphatic rings. The lowest BCUT2D eigenvalue weighted by Gasteiger charge is -2.08. The molecule has 1 atom stereocenters. The molecule has 7 heteroatoms. The average molecular weight is 262 g/mol. The van der Waals surface area contributed by atoms with Gasteiger partial charge in [-0.25, -0.2) is 8.42 Å². The largest absolute Gasteiger partial charge is 0.396 e. The number of nitrogens with zero attached hydrogens (tertiary/aromatic N) is 2. The second kappa shape index (κ2) is 4.18. The first-order chi connectivity index (χ1) is 7.49. The van der Waals surface area contributed by atoms with Crippen molar-refractivity contribution < 1.29 is 8.42 Å². The highest BCUT2D eigenvalue weighted by atomic mass is 35.5. The zero-order valence-electron chi connectivity index (χ0n) is 8.56. The summed E-state index contributed by atoms with van der Waals surface area (Å²) in [5.41, 5.74) is 6.49. The van der Waals surface area contributed by atoms with Crippen LogP contribution in [-0.4, -0.2) is 29.6 Å². The van der Waals surface area contributed by atoms with Crippen molar-refractivity contribution in [2.45, 2.75) is 24.5 Å². The van der Waals surface area contributed by atoms with Crippen LogP contribution in [0, 0.1) is 0 Å². The van der Waals surface area contributed by atoms with Gasteiger partial charge in [-0.15, -0.1) is 5.10 Å². The van der Waals surface area contributed by atoms with Gasteiger partial charge in [0.05, 0.1) is 22.4 Å². The van der Waals surface area contributed by atoms with Crippen molar-refractivity contribution in [3.05, 3.63) is 16.9 Å². The highest BCUT2D eigenvalue weighted by molar-refractivity contribution is 7.92. The molecule has 16 heavy (non-hydrogen) atoms. The summed E-state index contributed by atoms with van der Waals surface area (Å²) in [7, 11) is -2.95. The van der Waals surface area contributed by atoms with Crippen LogP contribution in [0.5, 0.6) is 0 Å². The Labute approximate surface area is 98.9 Å². The maximum Gasteiger partial charge on any atom is 0.174 e. The van der Waals surface area contributed by atoms with Crippen LogP contribution in [-0.2, 0) is 16.3 Å². The molecule has 5 nitrogen and oxygen atoms in total. The molecule has 0 amide bonds. The van der Waals surface area contributed by atoms with Crippen LogP contribution in [0.1, 0.15) is 18.5 Å². The molecule has 2 N–H and O–H groups in total. The van der Waals surface area contributed by atoms with Gasteiger partial charge in [0.1, 0.15) is 0 Å². The van der Waals surface area contributed by atoms with Gasteiger partial charge in [-0.1, -0.05) is 11.6 Å². The molecular formula is C9H12ClN3O2S. The van der Waals surface area contributed by atoms with E-state index in [0.717, 1.165) is 6.42 Å². The number of aromatic nitrogens is 2. The lowest BCUT2D eigenvalue weighted by atomic mass is 10.1. The molecule has 1 fully saturated rings. The third-order valence-corrected chi connectivity index (χ3v) is 5.30. The molecule has 0 bridgehead atoms. The van der Waals surface area contributed by atoms with E-state index in [1.165, 1.54) is 0 Å². The van der Waals surface area contributed by atoms with E-state index >= 15 is 0 Å². The molecule has 0 spiro atoms. The molecule has 1 saturated heterocycles. The summed E-state index contributed by atoms with van der Waals surface area (Å²) in [5.74, 6) is 0.272. The van der Waals surface area contributed by atoms with E-state index in [2.05, 4.69) is 10.2 Å². The van der Waals surface area contributed by atoms with E-state index < -0.39 is 9.84 Å². The van der Waals surface area contributed by atoms with Crippen LogP contribution in [0.4, 0.5) is 5.69 Å². The molecule has 1 unspecified atom stereocenters. The summed E-state index contributed by atoms with van der Waals surface area (Å²) in [5, 5.41) is 7.31. The highest BCUT2D eigenvalue weighted by Crippen LogP contribution is 2.24. The fourth-order valence-corrected chi connectivity index (χ4v) is 3.80. The zero-order valence-corrected chi connectivity index (χ0v) is 10.1. The highest BCUT2D eigenvalue weighted by Gasteiger charge is 2.31. The fraction of sp³-hybridized carbons (Fsp3) is 0.556. The van der Waals surface area contributed by atoms with Crippen LogP contribution < -0.4 is 5.73 Å². The smallest absolute Gasteiger partial charge is 0.174 e. The van der Waals surface area contributed by atoms with Crippen molar-refractivity contribution in [3.63, 3.8) is 0 Å². The normalized spacial score (nSPS) is 23.4. The van der Waals surface area contributed by atoms with Crippen molar-refractivity contribution in [2.75, 3.05) is 11.5 Å². The third-order valence-electron chi connectivity index (χ3n) is 2.73. The molecule has 0 saturated carbocycles. The monoisotopic (exact) mass is 261 g/mol. The van der Waals surface area contributed by atoms with E-state index in [4.69, 9.17) is 17.3 Å². The number of rotatable bonds is 2. The fourth-order valence-electron chi connectivity index (χ4n) is 1.85. The lowest BCUT2D eigenvalue weighted by Crippen LogP contribution is -2.19. The second-order valence-electron chi connectivity index (χ2n) is 3.92. The van der Waals surface area contributed by atoms with Gasteiger partial charge in [0.25, 0.3) is 0 Å². The topological polar surface area (TPSA) is 85.9 Å². The van der Waals surface area contributed by atoms with Crippen LogP contribution in [0.2, 0.25) is 5.15 Å². The van der Waals surface area contributed by atoms with Gasteiger partial charge >= 0.3 is 0 Å². The first-order valence-electron chi connectivity index (χ1n) is 4.98. The molecule has 0 radical (unpaired) electrons. The SMILES string of the molecule is Nc1cc(CC2CCCS2(=O)=O)nnc1Cl. The molecular weight excluding hydrogens is 250 g/mol. The van der Waals surface area contributed by atoms with Crippen molar-refractivity contribution in [1.29, 1.82) is 0 Å². The summed E-state index contributed by atoms with van der Waals surface area (Å²) < 4.78 is 23.2. The Morgan fingerprint density at radius 3 is 2.81 bits per heavy atom. The van der Waals surface area contributed by atoms with Gasteiger partial charge in [-0.2, -0.15) is 5.10 Å². The zero-order chi connectivity index (χ0) is 11.8. The first kappa shape index (κ1) is 11.6. The number of anilines is 1. The number of nitrogen functional groups attached to an aromatic ring is 1. The van der Waals surface area contributed by atoms with Crippen LogP contribution in [0.25, 0.3) is 0 Å². The van der Waals surface area contributed by atoms with Gasteiger partial charge in [0, 0.05) is 6.42 Å². The van der Waals surface area contributed by atoms with Gasteiger partial charge < -0.3 is 5.73 Å². The van der Waals surface area contributed by atoms with Crippen LogP contribution in [0.3, 0.4) is 0 Å². The predicted molar refractivity (Wildman–Crippen MR) is 62.0 cm³/mol. The average Bonchev–Trinajstić information content (AvgIpc) is 2.52. The predicted octanol–water partition coefficient (Wildman–Crippen LogP) is 0.832. The Morgan fingerprint density at radius 1 is 1.50 bits per heavy atom. The summed E-state index contributed by atoms with van der Waals surface area (Å²) >= 11 is 5.64. The summed E-state index contributed by atoms with van der Waals surface area (Å²) in [6.45, 7) is 0. The number of hydrogen-bond acceptors (Lipinski definition) is 5. The number of nitrogens with two attached hydrogens (primary N) is 1. The quantitative estimate of drug-likeness (QED) is 0.852. The maximum atomic E-state index is 11.6. The second-order valence-corrected chi connectivity index (χ2v) is 6.68. The molecule has 88 valence electrons. The number of halogens is 1. The Morgan fingerprint density at radius 2 is 2.25 bits per heavy atom. The summed E-state index contributed by atoms with van der Waals surface area (Å²) in [4.78, 5) is 0. The van der Waals surface area contributed by atoms with Crippen LogP contribution in [0.15, 0.2) is 6.07 Å². The minimum absolute atomic E-state index is 0.151. The first-order valence-corrected chi connectivity index (χ1v) is 7.07. The van der Waals surface area contributed by atoms with E-state index in [0.29, 0.717) is 24.2 Å². The molecule has 1 aromatic rings. The summed E-state index contributed by atoms with van der Waals surface area (Å²) in [6.07, 6.45) is 1.78. The van der Waals surface area contributed by atoms with Gasteiger partial charge in [0.15, 0.2) is 15.0 Å². The Kier molecular flexibility index (Phi) is 3.03. The van der Waals surface area contributed by atoms with Crippen LogP contribution >= 0.6 is 11.6 Å². The number of sulfone groups is 1. The van der Waals surface area contributed by atoms with Crippen molar-refractivity contribution in [3.8, 4) is 0 Å².